The van der Waals surface area contributed by atoms with Crippen LogP contribution in [-0.4, -0.2) is 46.3 Å². The summed E-state index contributed by atoms with van der Waals surface area (Å²) >= 11 is 0. The summed E-state index contributed by atoms with van der Waals surface area (Å²) in [4.78, 5) is 27.0. The number of dihydropyridines is 1. The van der Waals surface area contributed by atoms with Gasteiger partial charge in [0.1, 0.15) is 6.61 Å². The quantitative estimate of drug-likeness (QED) is 0.449. The van der Waals surface area contributed by atoms with E-state index in [0.717, 1.165) is 11.3 Å². The van der Waals surface area contributed by atoms with Gasteiger partial charge in [0.2, 0.25) is 0 Å². The first-order valence-corrected chi connectivity index (χ1v) is 11.7. The average Bonchev–Trinajstić information content (AvgIpc) is 2.87. The van der Waals surface area contributed by atoms with E-state index in [4.69, 9.17) is 18.9 Å². The number of ketones is 1. The molecule has 0 saturated heterocycles. The maximum Gasteiger partial charge on any atom is 0.336 e. The lowest BCUT2D eigenvalue weighted by molar-refractivity contribution is -0.140. The second-order valence-electron chi connectivity index (χ2n) is 8.64. The van der Waals surface area contributed by atoms with Gasteiger partial charge in [-0.25, -0.2) is 4.79 Å². The van der Waals surface area contributed by atoms with E-state index < -0.39 is 11.9 Å². The van der Waals surface area contributed by atoms with E-state index in [1.54, 1.807) is 27.4 Å². The van der Waals surface area contributed by atoms with Crippen molar-refractivity contribution in [2.45, 2.75) is 31.6 Å². The zero-order chi connectivity index (χ0) is 24.9. The Bertz CT molecular complexity index is 1170. The molecule has 1 aliphatic carbocycles. The topological polar surface area (TPSA) is 83.1 Å². The molecule has 0 saturated carbocycles. The van der Waals surface area contributed by atoms with Crippen LogP contribution < -0.4 is 14.8 Å². The van der Waals surface area contributed by atoms with E-state index in [0.29, 0.717) is 46.7 Å². The van der Waals surface area contributed by atoms with Crippen LogP contribution in [0.2, 0.25) is 0 Å². The molecule has 0 spiro atoms. The molecule has 2 aromatic carbocycles. The second-order valence-corrected chi connectivity index (χ2v) is 8.64. The summed E-state index contributed by atoms with van der Waals surface area (Å²) < 4.78 is 21.8. The molecule has 184 valence electrons. The number of hydrogen-bond acceptors (Lipinski definition) is 7. The summed E-state index contributed by atoms with van der Waals surface area (Å²) in [6.45, 7) is 2.24. The van der Waals surface area contributed by atoms with Crippen molar-refractivity contribution in [3.63, 3.8) is 0 Å². The van der Waals surface area contributed by atoms with Crippen molar-refractivity contribution in [2.75, 3.05) is 34.5 Å². The number of nitrogens with one attached hydrogen (secondary N) is 1. The Labute approximate surface area is 205 Å². The normalized spacial score (nSPS) is 19.7. The highest BCUT2D eigenvalue weighted by Crippen LogP contribution is 2.49. The molecule has 0 fully saturated rings. The van der Waals surface area contributed by atoms with E-state index in [9.17, 15) is 9.59 Å². The van der Waals surface area contributed by atoms with Crippen LogP contribution in [0.4, 0.5) is 0 Å². The highest BCUT2D eigenvalue weighted by Gasteiger charge is 2.42. The number of Topliss-reactive ketones (excluding diaryl/α,β-unsaturated/α-hetero) is 1. The number of rotatable bonds is 8. The lowest BCUT2D eigenvalue weighted by Crippen LogP contribution is -2.36. The molecule has 0 unspecified atom stereocenters. The molecule has 1 aliphatic heterocycles. The summed E-state index contributed by atoms with van der Waals surface area (Å²) in [5, 5.41) is 3.37. The van der Waals surface area contributed by atoms with Gasteiger partial charge in [-0.05, 0) is 30.9 Å². The maximum atomic E-state index is 13.7. The molecule has 1 N–H and O–H groups in total. The monoisotopic (exact) mass is 477 g/mol. The summed E-state index contributed by atoms with van der Waals surface area (Å²) in [6, 6.07) is 15.5. The van der Waals surface area contributed by atoms with Crippen molar-refractivity contribution in [2.24, 2.45) is 0 Å². The highest BCUT2D eigenvalue weighted by atomic mass is 16.6. The van der Waals surface area contributed by atoms with E-state index in [1.807, 2.05) is 37.3 Å². The first-order valence-electron chi connectivity index (χ1n) is 11.7. The molecule has 7 nitrogen and oxygen atoms in total. The third-order valence-electron chi connectivity index (χ3n) is 6.58. The summed E-state index contributed by atoms with van der Waals surface area (Å²) in [5.74, 6) is -0.0624. The first-order chi connectivity index (χ1) is 17.0. The minimum absolute atomic E-state index is 0.00262. The minimum Gasteiger partial charge on any atom is -0.493 e. The third kappa shape index (κ3) is 4.82. The molecule has 0 radical (unpaired) electrons. The molecule has 2 atom stereocenters. The Kier molecular flexibility index (Phi) is 7.56. The number of benzene rings is 2. The van der Waals surface area contributed by atoms with Crippen molar-refractivity contribution >= 4 is 11.8 Å². The zero-order valence-corrected chi connectivity index (χ0v) is 20.6. The van der Waals surface area contributed by atoms with Gasteiger partial charge in [0.25, 0.3) is 0 Å². The predicted molar refractivity (Wildman–Crippen MR) is 131 cm³/mol. The smallest absolute Gasteiger partial charge is 0.336 e. The Morgan fingerprint density at radius 3 is 2.43 bits per heavy atom. The van der Waals surface area contributed by atoms with Crippen molar-refractivity contribution in [1.29, 1.82) is 0 Å². The SMILES string of the molecule is COCCOC(=O)C1=C(C)NC2=C(C(=O)C[C@H](c3ccccc3)C2)[C@H]1c1cccc(OC)c1OC. The van der Waals surface area contributed by atoms with Crippen LogP contribution in [-0.2, 0) is 19.1 Å². The van der Waals surface area contributed by atoms with Gasteiger partial charge in [-0.1, -0.05) is 42.5 Å². The van der Waals surface area contributed by atoms with Crippen molar-refractivity contribution < 1.29 is 28.5 Å². The molecule has 4 rings (SSSR count). The molecule has 7 heteroatoms. The fraction of sp³-hybridized carbons (Fsp3) is 0.357. The Morgan fingerprint density at radius 1 is 0.971 bits per heavy atom. The standard InChI is InChI=1S/C28H31NO6/c1-17-24(28(31)35-14-13-32-2)25(20-11-8-12-23(33-3)27(20)34-4)26-21(29-17)15-19(16-22(26)30)18-9-6-5-7-10-18/h5-12,19,25,29H,13-16H2,1-4H3/t19-,25+/m1/s1. The maximum absolute atomic E-state index is 13.7. The molecular formula is C28H31NO6. The van der Waals surface area contributed by atoms with Crippen LogP contribution >= 0.6 is 0 Å². The van der Waals surface area contributed by atoms with E-state index >= 15 is 0 Å². The van der Waals surface area contributed by atoms with Crippen LogP contribution in [0, 0.1) is 0 Å². The summed E-state index contributed by atoms with van der Waals surface area (Å²) in [6.07, 6.45) is 1.02. The van der Waals surface area contributed by atoms with Gasteiger partial charge in [0, 0.05) is 36.1 Å². The largest absolute Gasteiger partial charge is 0.493 e. The Morgan fingerprint density at radius 2 is 1.74 bits per heavy atom. The molecule has 0 aromatic heterocycles. The van der Waals surface area contributed by atoms with Crippen molar-refractivity contribution in [3.8, 4) is 11.5 Å². The van der Waals surface area contributed by atoms with E-state index in [2.05, 4.69) is 17.4 Å². The number of carbonyl (C=O) groups excluding carboxylic acids is 2. The van der Waals surface area contributed by atoms with E-state index in [-0.39, 0.29) is 24.9 Å². The number of esters is 1. The predicted octanol–water partition coefficient (Wildman–Crippen LogP) is 4.26. The Balaban J connectivity index is 1.83. The summed E-state index contributed by atoms with van der Waals surface area (Å²) in [5.41, 5.74) is 4.26. The summed E-state index contributed by atoms with van der Waals surface area (Å²) in [7, 11) is 4.66. The number of ether oxygens (including phenoxy) is 4. The highest BCUT2D eigenvalue weighted by molar-refractivity contribution is 6.04. The van der Waals surface area contributed by atoms with Gasteiger partial charge in [0.15, 0.2) is 17.3 Å². The van der Waals surface area contributed by atoms with Crippen LogP contribution in [0.15, 0.2) is 71.1 Å². The van der Waals surface area contributed by atoms with Crippen LogP contribution in [0.5, 0.6) is 11.5 Å². The number of para-hydroxylation sites is 1. The molecule has 2 aliphatic rings. The first kappa shape index (κ1) is 24.5. The zero-order valence-electron chi connectivity index (χ0n) is 20.6. The number of carbonyl (C=O) groups is 2. The fourth-order valence-electron chi connectivity index (χ4n) is 5.02. The second kappa shape index (κ2) is 10.8. The molecule has 0 amide bonds. The number of hydrogen-bond donors (Lipinski definition) is 1. The number of methoxy groups -OCH3 is 3. The average molecular weight is 478 g/mol. The van der Waals surface area contributed by atoms with Gasteiger partial charge in [-0.3, -0.25) is 4.79 Å². The van der Waals surface area contributed by atoms with Gasteiger partial charge in [0.05, 0.1) is 32.3 Å². The van der Waals surface area contributed by atoms with Gasteiger partial charge in [-0.2, -0.15) is 0 Å². The third-order valence-corrected chi connectivity index (χ3v) is 6.58. The van der Waals surface area contributed by atoms with Gasteiger partial charge < -0.3 is 24.3 Å². The van der Waals surface area contributed by atoms with Gasteiger partial charge in [-0.15, -0.1) is 0 Å². The molecular weight excluding hydrogens is 446 g/mol. The van der Waals surface area contributed by atoms with E-state index in [1.165, 1.54) is 0 Å². The lowest BCUT2D eigenvalue weighted by Gasteiger charge is -2.37. The molecule has 2 aromatic rings. The van der Waals surface area contributed by atoms with Crippen molar-refractivity contribution in [1.82, 2.24) is 5.32 Å². The molecule has 0 bridgehead atoms. The van der Waals surface area contributed by atoms with Crippen molar-refractivity contribution in [3.05, 3.63) is 82.2 Å². The van der Waals surface area contributed by atoms with Gasteiger partial charge >= 0.3 is 5.97 Å². The lowest BCUT2D eigenvalue weighted by atomic mass is 9.71. The fourth-order valence-corrected chi connectivity index (χ4v) is 5.02. The minimum atomic E-state index is -0.643. The van der Waals surface area contributed by atoms with Crippen LogP contribution in [0.25, 0.3) is 0 Å². The number of allylic oxidation sites excluding steroid dienone is 3. The van der Waals surface area contributed by atoms with Crippen LogP contribution in [0.3, 0.4) is 0 Å². The molecule has 1 heterocycles. The van der Waals surface area contributed by atoms with Crippen LogP contribution in [0.1, 0.15) is 42.7 Å². The molecule has 35 heavy (non-hydrogen) atoms. The Hall–Kier alpha value is -3.58.